The van der Waals surface area contributed by atoms with Crippen LogP contribution in [0.25, 0.3) is 11.1 Å². The highest BCUT2D eigenvalue weighted by molar-refractivity contribution is 14.1. The molecule has 16 heteroatoms. The molecule has 0 fully saturated rings. The monoisotopic (exact) mass is 594 g/mol. The van der Waals surface area contributed by atoms with Gasteiger partial charge in [-0.2, -0.15) is 43.2 Å². The SMILES string of the molecule is O=S(=O)(Oc1cc(-c2ccc(F)cc2)cc(OS(=O)(=O)C(F)(F)F)c1I)C(F)(F)F. The van der Waals surface area contributed by atoms with Crippen LogP contribution in [0.2, 0.25) is 0 Å². The molecule has 166 valence electrons. The fourth-order valence-electron chi connectivity index (χ4n) is 1.83. The summed E-state index contributed by atoms with van der Waals surface area (Å²) in [4.78, 5) is 0. The fraction of sp³-hybridized carbons (Fsp3) is 0.143. The van der Waals surface area contributed by atoms with Crippen molar-refractivity contribution in [3.8, 4) is 22.6 Å². The smallest absolute Gasteiger partial charge is 0.375 e. The summed E-state index contributed by atoms with van der Waals surface area (Å²) >= 11 is 1.05. The van der Waals surface area contributed by atoms with Gasteiger partial charge < -0.3 is 8.37 Å². The fourth-order valence-corrected chi connectivity index (χ4v) is 3.59. The standard InChI is InChI=1S/C14H6F7IO6S2/c15-9-3-1-7(2-4-9)8-5-10(27-29(23,24)13(16,17)18)12(22)11(6-8)28-30(25,26)14(19,20)21/h1-6H. The molecule has 0 aliphatic carbocycles. The first-order valence-corrected chi connectivity index (χ1v) is 10.9. The zero-order valence-electron chi connectivity index (χ0n) is 13.8. The Morgan fingerprint density at radius 2 is 1.07 bits per heavy atom. The van der Waals surface area contributed by atoms with Gasteiger partial charge in [-0.25, -0.2) is 4.39 Å². The Morgan fingerprint density at radius 3 is 1.40 bits per heavy atom. The van der Waals surface area contributed by atoms with Crippen LogP contribution in [-0.2, 0) is 20.2 Å². The number of benzene rings is 2. The van der Waals surface area contributed by atoms with Crippen molar-refractivity contribution >= 4 is 42.8 Å². The van der Waals surface area contributed by atoms with E-state index >= 15 is 0 Å². The number of halogens is 8. The second kappa shape index (κ2) is 8.03. The second-order valence-electron chi connectivity index (χ2n) is 5.26. The molecule has 0 saturated heterocycles. The summed E-state index contributed by atoms with van der Waals surface area (Å²) < 4.78 is 141. The quantitative estimate of drug-likeness (QED) is 0.219. The van der Waals surface area contributed by atoms with Gasteiger partial charge in [-0.1, -0.05) is 12.1 Å². The molecule has 0 N–H and O–H groups in total. The van der Waals surface area contributed by atoms with Gasteiger partial charge in [-0.05, 0) is 58.0 Å². The predicted molar refractivity (Wildman–Crippen MR) is 95.8 cm³/mol. The van der Waals surface area contributed by atoms with Crippen LogP contribution >= 0.6 is 22.6 Å². The first-order chi connectivity index (χ1) is 13.4. The van der Waals surface area contributed by atoms with E-state index in [-0.39, 0.29) is 11.1 Å². The average molecular weight is 594 g/mol. The maximum absolute atomic E-state index is 13.1. The van der Waals surface area contributed by atoms with Gasteiger partial charge in [0.15, 0.2) is 11.5 Å². The predicted octanol–water partition coefficient (Wildman–Crippen LogP) is 4.55. The molecule has 0 radical (unpaired) electrons. The highest BCUT2D eigenvalue weighted by Gasteiger charge is 2.50. The van der Waals surface area contributed by atoms with Crippen LogP contribution < -0.4 is 8.37 Å². The van der Waals surface area contributed by atoms with Gasteiger partial charge in [0, 0.05) is 0 Å². The lowest BCUT2D eigenvalue weighted by atomic mass is 10.1. The van der Waals surface area contributed by atoms with Crippen molar-refractivity contribution in [2.45, 2.75) is 11.0 Å². The summed E-state index contributed by atoms with van der Waals surface area (Å²) in [6.45, 7) is 0. The molecule has 2 aromatic rings. The van der Waals surface area contributed by atoms with Crippen molar-refractivity contribution in [2.24, 2.45) is 0 Å². The van der Waals surface area contributed by atoms with Crippen LogP contribution in [-0.4, -0.2) is 27.9 Å². The summed E-state index contributed by atoms with van der Waals surface area (Å²) in [5, 5.41) is 0. The lowest BCUT2D eigenvalue weighted by molar-refractivity contribution is -0.0502. The van der Waals surface area contributed by atoms with Crippen molar-refractivity contribution in [3.63, 3.8) is 0 Å². The molecule has 0 aliphatic heterocycles. The van der Waals surface area contributed by atoms with Gasteiger partial charge in [0.2, 0.25) is 0 Å². The topological polar surface area (TPSA) is 86.7 Å². The van der Waals surface area contributed by atoms with Crippen LogP contribution in [0.5, 0.6) is 11.5 Å². The van der Waals surface area contributed by atoms with Gasteiger partial charge in [0.1, 0.15) is 9.39 Å². The molecule has 2 rings (SSSR count). The Labute approximate surface area is 178 Å². The molecular weight excluding hydrogens is 588 g/mol. The molecule has 0 unspecified atom stereocenters. The van der Waals surface area contributed by atoms with E-state index in [0.717, 1.165) is 46.9 Å². The molecule has 2 aromatic carbocycles. The lowest BCUT2D eigenvalue weighted by Crippen LogP contribution is -2.29. The van der Waals surface area contributed by atoms with E-state index in [4.69, 9.17) is 0 Å². The van der Waals surface area contributed by atoms with Crippen molar-refractivity contribution in [3.05, 3.63) is 45.8 Å². The molecule has 30 heavy (non-hydrogen) atoms. The highest BCUT2D eigenvalue weighted by Crippen LogP contribution is 2.40. The molecule has 6 nitrogen and oxygen atoms in total. The molecule has 0 aliphatic rings. The van der Waals surface area contributed by atoms with E-state index in [1.165, 1.54) is 0 Å². The lowest BCUT2D eigenvalue weighted by Gasteiger charge is -2.16. The average Bonchev–Trinajstić information content (AvgIpc) is 2.56. The third-order valence-corrected chi connectivity index (χ3v) is 6.14. The number of hydrogen-bond acceptors (Lipinski definition) is 6. The summed E-state index contributed by atoms with van der Waals surface area (Å²) in [6, 6.07) is 5.19. The van der Waals surface area contributed by atoms with Crippen molar-refractivity contribution in [1.29, 1.82) is 0 Å². The Bertz CT molecular complexity index is 1090. The highest BCUT2D eigenvalue weighted by atomic mass is 127. The van der Waals surface area contributed by atoms with Gasteiger partial charge in [0.25, 0.3) is 0 Å². The third kappa shape index (κ3) is 5.26. The minimum absolute atomic E-state index is 0.0312. The van der Waals surface area contributed by atoms with Crippen LogP contribution in [0.15, 0.2) is 36.4 Å². The van der Waals surface area contributed by atoms with Crippen molar-refractivity contribution < 1.29 is 55.9 Å². The largest absolute Gasteiger partial charge is 0.534 e. The number of alkyl halides is 6. The van der Waals surface area contributed by atoms with E-state index in [2.05, 4.69) is 8.37 Å². The second-order valence-corrected chi connectivity index (χ2v) is 9.41. The first-order valence-electron chi connectivity index (χ1n) is 7.05. The van der Waals surface area contributed by atoms with E-state index in [1.807, 2.05) is 0 Å². The summed E-state index contributed by atoms with van der Waals surface area (Å²) in [5.74, 6) is -3.07. The maximum atomic E-state index is 13.1. The molecule has 0 heterocycles. The first kappa shape index (κ1) is 24.4. The Hall–Kier alpha value is -1.82. The van der Waals surface area contributed by atoms with Gasteiger partial charge in [-0.15, -0.1) is 0 Å². The zero-order valence-corrected chi connectivity index (χ0v) is 17.5. The summed E-state index contributed by atoms with van der Waals surface area (Å²) in [5.41, 5.74) is -12.1. The van der Waals surface area contributed by atoms with Crippen LogP contribution in [0.4, 0.5) is 30.7 Å². The van der Waals surface area contributed by atoms with E-state index < -0.39 is 52.1 Å². The molecule has 0 spiro atoms. The minimum Gasteiger partial charge on any atom is -0.375 e. The van der Waals surface area contributed by atoms with E-state index in [0.29, 0.717) is 12.1 Å². The summed E-state index contributed by atoms with van der Waals surface area (Å²) in [6.07, 6.45) is 0. The number of hydrogen-bond donors (Lipinski definition) is 0. The summed E-state index contributed by atoms with van der Waals surface area (Å²) in [7, 11) is -12.5. The normalized spacial score (nSPS) is 13.2. The van der Waals surface area contributed by atoms with Crippen molar-refractivity contribution in [2.75, 3.05) is 0 Å². The molecule has 0 amide bonds. The van der Waals surface area contributed by atoms with Crippen LogP contribution in [0, 0.1) is 9.39 Å². The molecule has 0 aromatic heterocycles. The van der Waals surface area contributed by atoms with Crippen LogP contribution in [0.3, 0.4) is 0 Å². The number of rotatable bonds is 5. The maximum Gasteiger partial charge on any atom is 0.534 e. The van der Waals surface area contributed by atoms with E-state index in [1.54, 1.807) is 0 Å². The third-order valence-electron chi connectivity index (χ3n) is 3.15. The van der Waals surface area contributed by atoms with E-state index in [9.17, 15) is 47.6 Å². The molecular formula is C14H6F7IO6S2. The molecule has 0 saturated carbocycles. The van der Waals surface area contributed by atoms with Crippen LogP contribution in [0.1, 0.15) is 0 Å². The Kier molecular flexibility index (Phi) is 6.54. The molecule has 0 bridgehead atoms. The zero-order chi connectivity index (χ0) is 23.1. The molecule has 0 atom stereocenters. The Morgan fingerprint density at radius 1 is 0.700 bits per heavy atom. The minimum atomic E-state index is -6.26. The van der Waals surface area contributed by atoms with Gasteiger partial charge in [0.05, 0.1) is 0 Å². The van der Waals surface area contributed by atoms with Gasteiger partial charge >= 0.3 is 31.3 Å². The van der Waals surface area contributed by atoms with Gasteiger partial charge in [-0.3, -0.25) is 0 Å². The van der Waals surface area contributed by atoms with Crippen molar-refractivity contribution in [1.82, 2.24) is 0 Å². The Balaban J connectivity index is 2.70.